The Morgan fingerprint density at radius 3 is 3.14 bits per heavy atom. The first-order valence-electron chi connectivity index (χ1n) is 4.10. The summed E-state index contributed by atoms with van der Waals surface area (Å²) in [5.41, 5.74) is 0.873. The van der Waals surface area contributed by atoms with E-state index in [1.54, 1.807) is 13.1 Å². The Kier molecular flexibility index (Phi) is 4.70. The number of carbonyl (C=O) groups excluding carboxylic acids is 1. The molecule has 74 valence electrons. The van der Waals surface area contributed by atoms with Crippen LogP contribution in [0, 0.1) is 0 Å². The van der Waals surface area contributed by atoms with Gasteiger partial charge in [0.15, 0.2) is 5.12 Å². The molecule has 0 saturated carbocycles. The quantitative estimate of drug-likeness (QED) is 0.744. The van der Waals surface area contributed by atoms with E-state index >= 15 is 0 Å². The second kappa shape index (κ2) is 5.83. The summed E-state index contributed by atoms with van der Waals surface area (Å²) in [5.74, 6) is 0.667. The number of carbonyl (C=O) groups is 1. The fourth-order valence-electron chi connectivity index (χ4n) is 0.863. The topological polar surface area (TPSA) is 30.0 Å². The Bertz CT molecular complexity index is 352. The number of halogens is 1. The Hall–Kier alpha value is -0.800. The van der Waals surface area contributed by atoms with E-state index in [9.17, 15) is 4.79 Å². The summed E-state index contributed by atoms with van der Waals surface area (Å²) in [6, 6.07) is 3.70. The van der Waals surface area contributed by atoms with Crippen molar-refractivity contribution in [2.24, 2.45) is 0 Å². The van der Waals surface area contributed by atoms with Crippen LogP contribution in [-0.4, -0.2) is 15.9 Å². The van der Waals surface area contributed by atoms with Crippen molar-refractivity contribution in [2.75, 3.05) is 5.75 Å². The van der Waals surface area contributed by atoms with E-state index in [1.165, 1.54) is 11.8 Å². The Morgan fingerprint density at radius 2 is 2.50 bits per heavy atom. The summed E-state index contributed by atoms with van der Waals surface area (Å²) in [4.78, 5) is 14.5. The SMILES string of the molecule is CC(=O)SCC=Cc1cccnc1Cl. The van der Waals surface area contributed by atoms with Gasteiger partial charge in [0.1, 0.15) is 5.15 Å². The van der Waals surface area contributed by atoms with Gasteiger partial charge in [-0.2, -0.15) is 0 Å². The first-order chi connectivity index (χ1) is 6.70. The van der Waals surface area contributed by atoms with E-state index in [-0.39, 0.29) is 5.12 Å². The number of aromatic nitrogens is 1. The maximum absolute atomic E-state index is 10.6. The van der Waals surface area contributed by atoms with Crippen LogP contribution in [0.3, 0.4) is 0 Å². The van der Waals surface area contributed by atoms with E-state index in [0.717, 1.165) is 5.56 Å². The molecule has 0 aliphatic heterocycles. The molecule has 1 aromatic heterocycles. The zero-order chi connectivity index (χ0) is 10.4. The molecule has 0 aliphatic rings. The molecule has 1 heterocycles. The molecule has 0 unspecified atom stereocenters. The molecule has 0 N–H and O–H groups in total. The molecule has 0 spiro atoms. The van der Waals surface area contributed by atoms with Crippen LogP contribution < -0.4 is 0 Å². The average Bonchev–Trinajstić information content (AvgIpc) is 2.15. The molecule has 0 aliphatic carbocycles. The summed E-state index contributed by atoms with van der Waals surface area (Å²) in [7, 11) is 0. The van der Waals surface area contributed by atoms with Gasteiger partial charge < -0.3 is 0 Å². The molecule has 0 radical (unpaired) electrons. The summed E-state index contributed by atoms with van der Waals surface area (Å²) >= 11 is 7.10. The van der Waals surface area contributed by atoms with Gasteiger partial charge in [-0.25, -0.2) is 4.98 Å². The summed E-state index contributed by atoms with van der Waals surface area (Å²) in [5, 5.41) is 0.600. The highest BCUT2D eigenvalue weighted by atomic mass is 35.5. The van der Waals surface area contributed by atoms with Crippen molar-refractivity contribution >= 4 is 34.6 Å². The van der Waals surface area contributed by atoms with Crippen LogP contribution in [0.25, 0.3) is 6.08 Å². The minimum atomic E-state index is 0.118. The Labute approximate surface area is 92.4 Å². The lowest BCUT2D eigenvalue weighted by Gasteiger charge is -1.94. The van der Waals surface area contributed by atoms with Gasteiger partial charge in [0.2, 0.25) is 0 Å². The highest BCUT2D eigenvalue weighted by molar-refractivity contribution is 8.13. The van der Waals surface area contributed by atoms with Crippen molar-refractivity contribution < 1.29 is 4.79 Å². The Morgan fingerprint density at radius 1 is 1.71 bits per heavy atom. The molecule has 0 saturated heterocycles. The van der Waals surface area contributed by atoms with Gasteiger partial charge in [0.25, 0.3) is 0 Å². The minimum Gasteiger partial charge on any atom is -0.288 e. The zero-order valence-corrected chi connectivity index (χ0v) is 9.31. The highest BCUT2D eigenvalue weighted by Crippen LogP contribution is 2.13. The van der Waals surface area contributed by atoms with E-state index < -0.39 is 0 Å². The fraction of sp³-hybridized carbons (Fsp3) is 0.200. The van der Waals surface area contributed by atoms with Crippen molar-refractivity contribution in [2.45, 2.75) is 6.92 Å². The molecule has 0 amide bonds. The second-order valence-corrected chi connectivity index (χ2v) is 4.14. The predicted octanol–water partition coefficient (Wildman–Crippen LogP) is 3.03. The van der Waals surface area contributed by atoms with E-state index in [4.69, 9.17) is 11.6 Å². The van der Waals surface area contributed by atoms with Crippen LogP contribution in [-0.2, 0) is 4.79 Å². The first-order valence-corrected chi connectivity index (χ1v) is 5.47. The van der Waals surface area contributed by atoms with Gasteiger partial charge in [0, 0.05) is 24.4 Å². The zero-order valence-electron chi connectivity index (χ0n) is 7.74. The molecule has 4 heteroatoms. The number of nitrogens with zero attached hydrogens (tertiary/aromatic N) is 1. The van der Waals surface area contributed by atoms with Crippen molar-refractivity contribution in [1.82, 2.24) is 4.98 Å². The van der Waals surface area contributed by atoms with Crippen molar-refractivity contribution in [3.05, 3.63) is 35.1 Å². The fourth-order valence-corrected chi connectivity index (χ4v) is 1.47. The Balaban J connectivity index is 2.52. The van der Waals surface area contributed by atoms with Crippen LogP contribution in [0.5, 0.6) is 0 Å². The number of pyridine rings is 1. The molecule has 14 heavy (non-hydrogen) atoms. The van der Waals surface area contributed by atoms with E-state index in [2.05, 4.69) is 4.98 Å². The lowest BCUT2D eigenvalue weighted by molar-refractivity contribution is -0.109. The third kappa shape index (κ3) is 3.94. The van der Waals surface area contributed by atoms with Crippen LogP contribution in [0.15, 0.2) is 24.4 Å². The van der Waals surface area contributed by atoms with Crippen LogP contribution in [0.2, 0.25) is 5.15 Å². The minimum absolute atomic E-state index is 0.118. The lowest BCUT2D eigenvalue weighted by Crippen LogP contribution is -1.82. The molecule has 0 fully saturated rings. The molecule has 1 rings (SSSR count). The number of hydrogen-bond acceptors (Lipinski definition) is 3. The number of hydrogen-bond donors (Lipinski definition) is 0. The average molecular weight is 228 g/mol. The molecule has 2 nitrogen and oxygen atoms in total. The van der Waals surface area contributed by atoms with Gasteiger partial charge in [-0.05, 0) is 6.07 Å². The normalized spacial score (nSPS) is 10.7. The number of rotatable bonds is 3. The van der Waals surface area contributed by atoms with E-state index in [1.807, 2.05) is 24.3 Å². The van der Waals surface area contributed by atoms with Crippen molar-refractivity contribution in [3.63, 3.8) is 0 Å². The molecule has 0 aromatic carbocycles. The standard InChI is InChI=1S/C10H10ClNOS/c1-8(13)14-7-3-5-9-4-2-6-12-10(9)11/h2-6H,7H2,1H3. The van der Waals surface area contributed by atoms with Gasteiger partial charge in [-0.15, -0.1) is 0 Å². The third-order valence-corrected chi connectivity index (χ3v) is 2.55. The van der Waals surface area contributed by atoms with Gasteiger partial charge >= 0.3 is 0 Å². The monoisotopic (exact) mass is 227 g/mol. The van der Waals surface area contributed by atoms with Crippen LogP contribution in [0.4, 0.5) is 0 Å². The van der Waals surface area contributed by atoms with Crippen LogP contribution in [0.1, 0.15) is 12.5 Å². The predicted molar refractivity (Wildman–Crippen MR) is 61.4 cm³/mol. The molecular weight excluding hydrogens is 218 g/mol. The third-order valence-electron chi connectivity index (χ3n) is 1.47. The van der Waals surface area contributed by atoms with Crippen LogP contribution >= 0.6 is 23.4 Å². The van der Waals surface area contributed by atoms with Crippen molar-refractivity contribution in [1.29, 1.82) is 0 Å². The highest BCUT2D eigenvalue weighted by Gasteiger charge is 1.94. The second-order valence-electron chi connectivity index (χ2n) is 2.59. The molecule has 1 aromatic rings. The largest absolute Gasteiger partial charge is 0.288 e. The summed E-state index contributed by atoms with van der Waals surface area (Å²) in [6.07, 6.45) is 5.41. The smallest absolute Gasteiger partial charge is 0.186 e. The van der Waals surface area contributed by atoms with Crippen molar-refractivity contribution in [3.8, 4) is 0 Å². The van der Waals surface area contributed by atoms with Gasteiger partial charge in [0.05, 0.1) is 0 Å². The van der Waals surface area contributed by atoms with Gasteiger partial charge in [-0.3, -0.25) is 4.79 Å². The van der Waals surface area contributed by atoms with E-state index in [0.29, 0.717) is 10.9 Å². The van der Waals surface area contributed by atoms with Gasteiger partial charge in [-0.1, -0.05) is 41.6 Å². The maximum atomic E-state index is 10.6. The molecule has 0 atom stereocenters. The first kappa shape index (κ1) is 11.3. The summed E-state index contributed by atoms with van der Waals surface area (Å²) < 4.78 is 0. The lowest BCUT2D eigenvalue weighted by atomic mass is 10.3. The maximum Gasteiger partial charge on any atom is 0.186 e. The molecule has 0 bridgehead atoms. The number of thioether (sulfide) groups is 1. The molecular formula is C10H10ClNOS. The summed E-state index contributed by atoms with van der Waals surface area (Å²) in [6.45, 7) is 1.55.